The number of thiocarbonyl (C=S) groups is 1. The Bertz CT molecular complexity index is 612. The third-order valence-corrected chi connectivity index (χ3v) is 4.23. The van der Waals surface area contributed by atoms with Crippen LogP contribution in [-0.2, 0) is 13.5 Å². The summed E-state index contributed by atoms with van der Waals surface area (Å²) >= 11 is 7.30. The minimum absolute atomic E-state index is 0.187. The van der Waals surface area contributed by atoms with E-state index >= 15 is 0 Å². The molecule has 0 atom stereocenters. The van der Waals surface area contributed by atoms with Crippen LogP contribution >= 0.6 is 24.0 Å². The first-order valence-electron chi connectivity index (χ1n) is 6.44. The molecule has 0 spiro atoms. The molecular weight excluding hydrogens is 270 g/mol. The first-order chi connectivity index (χ1) is 8.85. The predicted octanol–water partition coefficient (Wildman–Crippen LogP) is 4.07. The number of hydrogen-bond donors (Lipinski definition) is 0. The van der Waals surface area contributed by atoms with E-state index in [9.17, 15) is 0 Å². The van der Waals surface area contributed by atoms with Crippen molar-refractivity contribution in [2.24, 2.45) is 7.05 Å². The summed E-state index contributed by atoms with van der Waals surface area (Å²) in [6, 6.07) is 10.7. The lowest BCUT2D eigenvalue weighted by Gasteiger charge is -2.17. The standard InChI is InChI=1S/C16H20NS2/c1-16(2,3)19-15(18)10-14-9-12-7-5-6-8-13(12)11-17(14)4/h5-9,11H,10H2,1-4H3/q+1. The highest BCUT2D eigenvalue weighted by molar-refractivity contribution is 8.23. The molecule has 0 bridgehead atoms. The van der Waals surface area contributed by atoms with Gasteiger partial charge < -0.3 is 0 Å². The highest BCUT2D eigenvalue weighted by Gasteiger charge is 2.17. The molecule has 1 aromatic carbocycles. The van der Waals surface area contributed by atoms with Crippen LogP contribution in [0.3, 0.4) is 0 Å². The third-order valence-electron chi connectivity index (χ3n) is 2.85. The normalized spacial score (nSPS) is 11.8. The molecule has 0 aliphatic rings. The average Bonchev–Trinajstić information content (AvgIpc) is 2.27. The van der Waals surface area contributed by atoms with Gasteiger partial charge >= 0.3 is 0 Å². The topological polar surface area (TPSA) is 3.88 Å². The maximum Gasteiger partial charge on any atom is 0.187 e. The van der Waals surface area contributed by atoms with E-state index in [1.807, 2.05) is 0 Å². The third kappa shape index (κ3) is 4.02. The van der Waals surface area contributed by atoms with Gasteiger partial charge in [0.2, 0.25) is 0 Å². The lowest BCUT2D eigenvalue weighted by atomic mass is 10.1. The Morgan fingerprint density at radius 3 is 2.47 bits per heavy atom. The summed E-state index contributed by atoms with van der Waals surface area (Å²) in [6.07, 6.45) is 3.02. The van der Waals surface area contributed by atoms with E-state index in [1.54, 1.807) is 11.8 Å². The SMILES string of the molecule is C[n+]1cc2ccccc2cc1CC(=S)SC(C)(C)C. The molecule has 2 rings (SSSR count). The Morgan fingerprint density at radius 2 is 1.84 bits per heavy atom. The minimum Gasteiger partial charge on any atom is -0.204 e. The quantitative estimate of drug-likeness (QED) is 0.606. The molecule has 0 aliphatic carbocycles. The van der Waals surface area contributed by atoms with Gasteiger partial charge in [-0.15, -0.1) is 11.8 Å². The van der Waals surface area contributed by atoms with Crippen LogP contribution in [-0.4, -0.2) is 8.94 Å². The van der Waals surface area contributed by atoms with Crippen LogP contribution < -0.4 is 4.57 Å². The van der Waals surface area contributed by atoms with Gasteiger partial charge in [0.1, 0.15) is 7.05 Å². The second kappa shape index (κ2) is 5.59. The van der Waals surface area contributed by atoms with Crippen molar-refractivity contribution in [2.45, 2.75) is 31.9 Å². The highest BCUT2D eigenvalue weighted by Crippen LogP contribution is 2.26. The molecule has 0 fully saturated rings. The fourth-order valence-electron chi connectivity index (χ4n) is 2.03. The number of fused-ring (bicyclic) bond motifs is 1. The summed E-state index contributed by atoms with van der Waals surface area (Å²) in [5.41, 5.74) is 1.26. The average molecular weight is 290 g/mol. The lowest BCUT2D eigenvalue weighted by molar-refractivity contribution is -0.677. The molecule has 1 aromatic heterocycles. The summed E-state index contributed by atoms with van der Waals surface area (Å²) in [5, 5.41) is 2.54. The van der Waals surface area contributed by atoms with Crippen molar-refractivity contribution in [3.05, 3.63) is 42.2 Å². The molecule has 100 valence electrons. The van der Waals surface area contributed by atoms with Crippen LogP contribution in [0.15, 0.2) is 36.5 Å². The molecule has 2 aromatic rings. The molecule has 1 nitrogen and oxygen atoms in total. The van der Waals surface area contributed by atoms with Crippen molar-refractivity contribution >= 4 is 38.9 Å². The van der Waals surface area contributed by atoms with Crippen molar-refractivity contribution in [1.82, 2.24) is 0 Å². The van der Waals surface area contributed by atoms with E-state index in [0.717, 1.165) is 10.6 Å². The smallest absolute Gasteiger partial charge is 0.187 e. The van der Waals surface area contributed by atoms with Gasteiger partial charge in [-0.3, -0.25) is 0 Å². The van der Waals surface area contributed by atoms with E-state index in [4.69, 9.17) is 12.2 Å². The number of pyridine rings is 1. The summed E-state index contributed by atoms with van der Waals surface area (Å²) in [7, 11) is 2.09. The minimum atomic E-state index is 0.187. The Balaban J connectivity index is 2.25. The van der Waals surface area contributed by atoms with Gasteiger partial charge in [-0.2, -0.15) is 0 Å². The Kier molecular flexibility index (Phi) is 4.26. The second-order valence-corrected chi connectivity index (χ2v) is 8.44. The summed E-state index contributed by atoms with van der Waals surface area (Å²) in [5.74, 6) is 0. The van der Waals surface area contributed by atoms with Gasteiger partial charge in [0.15, 0.2) is 11.9 Å². The number of thioether (sulfide) groups is 1. The van der Waals surface area contributed by atoms with E-state index < -0.39 is 0 Å². The largest absolute Gasteiger partial charge is 0.204 e. The predicted molar refractivity (Wildman–Crippen MR) is 88.8 cm³/mol. The molecule has 0 amide bonds. The fraction of sp³-hybridized carbons (Fsp3) is 0.375. The molecule has 1 heterocycles. The molecule has 3 heteroatoms. The van der Waals surface area contributed by atoms with Crippen LogP contribution in [0.1, 0.15) is 26.5 Å². The van der Waals surface area contributed by atoms with E-state index in [0.29, 0.717) is 0 Å². The van der Waals surface area contributed by atoms with Crippen molar-refractivity contribution in [2.75, 3.05) is 0 Å². The van der Waals surface area contributed by atoms with Crippen LogP contribution in [0.5, 0.6) is 0 Å². The molecule has 0 saturated carbocycles. The van der Waals surface area contributed by atoms with Crippen LogP contribution in [0.25, 0.3) is 10.8 Å². The Labute approximate surface area is 125 Å². The summed E-state index contributed by atoms with van der Waals surface area (Å²) in [4.78, 5) is 0. The zero-order valence-corrected chi connectivity index (χ0v) is 13.6. The highest BCUT2D eigenvalue weighted by atomic mass is 32.2. The molecular formula is C16H20NS2+. The van der Waals surface area contributed by atoms with Gasteiger partial charge in [-0.05, 0) is 11.5 Å². The molecule has 0 saturated heterocycles. The van der Waals surface area contributed by atoms with E-state index in [-0.39, 0.29) is 4.75 Å². The van der Waals surface area contributed by atoms with Gasteiger partial charge in [-0.1, -0.05) is 51.2 Å². The zero-order valence-electron chi connectivity index (χ0n) is 11.9. The van der Waals surface area contributed by atoms with E-state index in [1.165, 1.54) is 16.5 Å². The number of benzene rings is 1. The number of aryl methyl sites for hydroxylation is 1. The maximum absolute atomic E-state index is 5.52. The number of nitrogens with zero attached hydrogens (tertiary/aromatic N) is 1. The van der Waals surface area contributed by atoms with Gasteiger partial charge in [0.05, 0.1) is 10.6 Å². The molecule has 0 aliphatic heterocycles. The molecule has 0 radical (unpaired) electrons. The first kappa shape index (κ1) is 14.5. The van der Waals surface area contributed by atoms with Crippen molar-refractivity contribution in [3.63, 3.8) is 0 Å². The molecule has 0 N–H and O–H groups in total. The van der Waals surface area contributed by atoms with Crippen molar-refractivity contribution < 1.29 is 4.57 Å². The zero-order chi connectivity index (χ0) is 14.0. The van der Waals surface area contributed by atoms with Crippen LogP contribution in [0.4, 0.5) is 0 Å². The van der Waals surface area contributed by atoms with Crippen molar-refractivity contribution in [3.8, 4) is 0 Å². The maximum atomic E-state index is 5.52. The Morgan fingerprint density at radius 1 is 1.21 bits per heavy atom. The van der Waals surface area contributed by atoms with Gasteiger partial charge in [0, 0.05) is 16.2 Å². The molecule has 19 heavy (non-hydrogen) atoms. The van der Waals surface area contributed by atoms with Crippen LogP contribution in [0, 0.1) is 0 Å². The number of rotatable bonds is 2. The monoisotopic (exact) mass is 290 g/mol. The number of aromatic nitrogens is 1. The van der Waals surface area contributed by atoms with Gasteiger partial charge in [0.25, 0.3) is 0 Å². The Hall–Kier alpha value is -0.930. The second-order valence-electron chi connectivity index (χ2n) is 5.77. The van der Waals surface area contributed by atoms with E-state index in [2.05, 4.69) is 68.9 Å². The van der Waals surface area contributed by atoms with Crippen molar-refractivity contribution in [1.29, 1.82) is 0 Å². The van der Waals surface area contributed by atoms with Crippen LogP contribution in [0.2, 0.25) is 0 Å². The van der Waals surface area contributed by atoms with Gasteiger partial charge in [-0.25, -0.2) is 4.57 Å². The number of hydrogen-bond acceptors (Lipinski definition) is 2. The lowest BCUT2D eigenvalue weighted by Crippen LogP contribution is -2.34. The first-order valence-corrected chi connectivity index (χ1v) is 7.67. The summed E-state index contributed by atoms with van der Waals surface area (Å²) in [6.45, 7) is 6.60. The summed E-state index contributed by atoms with van der Waals surface area (Å²) < 4.78 is 3.42. The molecule has 0 unspecified atom stereocenters. The fourth-order valence-corrected chi connectivity index (χ4v) is 3.83.